The zero-order chi connectivity index (χ0) is 31.2. The molecule has 0 saturated heterocycles. The van der Waals surface area contributed by atoms with Crippen molar-refractivity contribution in [3.05, 3.63) is 164 Å². The molecule has 0 aliphatic heterocycles. The molecule has 0 aliphatic carbocycles. The number of fused-ring (bicyclic) bond motifs is 4. The van der Waals surface area contributed by atoms with Crippen LogP contribution in [0.1, 0.15) is 0 Å². The molecular formula is C43H27N3O. The summed E-state index contributed by atoms with van der Waals surface area (Å²) in [5.74, 6) is 1.90. The Kier molecular flexibility index (Phi) is 6.43. The molecule has 0 N–H and O–H groups in total. The fraction of sp³-hybridized carbons (Fsp3) is 0. The second-order valence-corrected chi connectivity index (χ2v) is 11.6. The maximum absolute atomic E-state index is 6.19. The van der Waals surface area contributed by atoms with E-state index < -0.39 is 0 Å². The van der Waals surface area contributed by atoms with Crippen LogP contribution in [0.15, 0.2) is 168 Å². The van der Waals surface area contributed by atoms with Gasteiger partial charge in [0.15, 0.2) is 17.5 Å². The highest BCUT2D eigenvalue weighted by Crippen LogP contribution is 2.38. The van der Waals surface area contributed by atoms with Gasteiger partial charge < -0.3 is 4.42 Å². The summed E-state index contributed by atoms with van der Waals surface area (Å²) in [7, 11) is 0. The van der Waals surface area contributed by atoms with Gasteiger partial charge in [0.05, 0.1) is 0 Å². The van der Waals surface area contributed by atoms with Gasteiger partial charge in [-0.05, 0) is 57.3 Å². The lowest BCUT2D eigenvalue weighted by Gasteiger charge is -2.12. The van der Waals surface area contributed by atoms with E-state index in [0.717, 1.165) is 60.5 Å². The molecule has 0 atom stereocenters. The Morgan fingerprint density at radius 1 is 0.340 bits per heavy atom. The van der Waals surface area contributed by atoms with E-state index >= 15 is 0 Å². The third-order valence-corrected chi connectivity index (χ3v) is 8.73. The summed E-state index contributed by atoms with van der Waals surface area (Å²) in [6.45, 7) is 0. The zero-order valence-electron chi connectivity index (χ0n) is 25.3. The quantitative estimate of drug-likeness (QED) is 0.197. The highest BCUT2D eigenvalue weighted by Gasteiger charge is 2.17. The summed E-state index contributed by atoms with van der Waals surface area (Å²) in [6, 6.07) is 56.3. The number of furan rings is 1. The molecule has 47 heavy (non-hydrogen) atoms. The van der Waals surface area contributed by atoms with Crippen molar-refractivity contribution in [1.29, 1.82) is 0 Å². The van der Waals surface area contributed by atoms with Gasteiger partial charge >= 0.3 is 0 Å². The van der Waals surface area contributed by atoms with E-state index in [1.807, 2.05) is 60.7 Å². The molecular weight excluding hydrogens is 574 g/mol. The molecule has 0 bridgehead atoms. The summed E-state index contributed by atoms with van der Waals surface area (Å²) in [6.07, 6.45) is 0. The van der Waals surface area contributed by atoms with Crippen LogP contribution in [-0.4, -0.2) is 15.0 Å². The van der Waals surface area contributed by atoms with E-state index in [1.54, 1.807) is 0 Å². The van der Waals surface area contributed by atoms with Crippen LogP contribution in [0.3, 0.4) is 0 Å². The van der Waals surface area contributed by atoms with Crippen molar-refractivity contribution in [2.24, 2.45) is 0 Å². The number of rotatable bonds is 5. The van der Waals surface area contributed by atoms with Crippen LogP contribution in [0.5, 0.6) is 0 Å². The standard InChI is InChI=1S/C43H27N3O/c1-3-12-28(13-4-1)30-24-25-34-31(26-30)17-10-21-36(34)43-45-41(29-14-5-2-6-15-29)44-42(46-43)33-18-9-16-32(27-33)35-20-11-23-39-40(35)37-19-7-8-22-38(37)47-39/h1-27H. The highest BCUT2D eigenvalue weighted by molar-refractivity contribution is 6.12. The van der Waals surface area contributed by atoms with Gasteiger partial charge in [0.2, 0.25) is 0 Å². The molecule has 220 valence electrons. The van der Waals surface area contributed by atoms with Gasteiger partial charge in [-0.15, -0.1) is 0 Å². The lowest BCUT2D eigenvalue weighted by molar-refractivity contribution is 0.669. The molecule has 0 aliphatic rings. The zero-order valence-corrected chi connectivity index (χ0v) is 25.3. The lowest BCUT2D eigenvalue weighted by Crippen LogP contribution is -2.00. The molecule has 0 fully saturated rings. The van der Waals surface area contributed by atoms with E-state index in [9.17, 15) is 0 Å². The summed E-state index contributed by atoms with van der Waals surface area (Å²) in [5.41, 5.74) is 9.11. The van der Waals surface area contributed by atoms with Crippen LogP contribution in [-0.2, 0) is 0 Å². The maximum Gasteiger partial charge on any atom is 0.164 e. The highest BCUT2D eigenvalue weighted by atomic mass is 16.3. The third kappa shape index (κ3) is 4.84. The normalized spacial score (nSPS) is 11.4. The molecule has 0 saturated carbocycles. The van der Waals surface area contributed by atoms with Crippen molar-refractivity contribution in [2.75, 3.05) is 0 Å². The number of aromatic nitrogens is 3. The lowest BCUT2D eigenvalue weighted by atomic mass is 9.97. The van der Waals surface area contributed by atoms with E-state index in [0.29, 0.717) is 17.5 Å². The predicted molar refractivity (Wildman–Crippen MR) is 192 cm³/mol. The molecule has 2 aromatic heterocycles. The second-order valence-electron chi connectivity index (χ2n) is 11.6. The average molecular weight is 602 g/mol. The first-order valence-electron chi connectivity index (χ1n) is 15.7. The second kappa shape index (κ2) is 11.2. The summed E-state index contributed by atoms with van der Waals surface area (Å²) < 4.78 is 6.19. The van der Waals surface area contributed by atoms with Crippen LogP contribution < -0.4 is 0 Å². The minimum Gasteiger partial charge on any atom is -0.456 e. The predicted octanol–water partition coefficient (Wildman–Crippen LogP) is 11.3. The van der Waals surface area contributed by atoms with Crippen molar-refractivity contribution >= 4 is 32.7 Å². The molecule has 7 aromatic carbocycles. The fourth-order valence-corrected chi connectivity index (χ4v) is 6.47. The Bertz CT molecular complexity index is 2570. The molecule has 0 unspecified atom stereocenters. The molecule has 0 spiro atoms. The van der Waals surface area contributed by atoms with Crippen molar-refractivity contribution in [2.45, 2.75) is 0 Å². The molecule has 9 aromatic rings. The van der Waals surface area contributed by atoms with Gasteiger partial charge in [-0.3, -0.25) is 0 Å². The summed E-state index contributed by atoms with van der Waals surface area (Å²) in [5, 5.41) is 4.43. The van der Waals surface area contributed by atoms with E-state index in [2.05, 4.69) is 103 Å². The van der Waals surface area contributed by atoms with Crippen molar-refractivity contribution in [3.63, 3.8) is 0 Å². The topological polar surface area (TPSA) is 51.8 Å². The molecule has 0 radical (unpaired) electrons. The monoisotopic (exact) mass is 601 g/mol. The van der Waals surface area contributed by atoms with Crippen LogP contribution in [0.25, 0.3) is 89.1 Å². The largest absolute Gasteiger partial charge is 0.456 e. The smallest absolute Gasteiger partial charge is 0.164 e. The third-order valence-electron chi connectivity index (χ3n) is 8.73. The first kappa shape index (κ1) is 27.0. The van der Waals surface area contributed by atoms with Crippen molar-refractivity contribution in [3.8, 4) is 56.4 Å². The van der Waals surface area contributed by atoms with Gasteiger partial charge in [-0.2, -0.15) is 0 Å². The molecule has 9 rings (SSSR count). The van der Waals surface area contributed by atoms with Gasteiger partial charge in [0.1, 0.15) is 11.2 Å². The first-order valence-corrected chi connectivity index (χ1v) is 15.7. The van der Waals surface area contributed by atoms with Gasteiger partial charge in [0, 0.05) is 27.5 Å². The van der Waals surface area contributed by atoms with Crippen LogP contribution in [0, 0.1) is 0 Å². The summed E-state index contributed by atoms with van der Waals surface area (Å²) in [4.78, 5) is 15.2. The number of para-hydroxylation sites is 1. The average Bonchev–Trinajstić information content (AvgIpc) is 3.54. The number of hydrogen-bond donors (Lipinski definition) is 0. The van der Waals surface area contributed by atoms with E-state index in [1.165, 1.54) is 11.1 Å². The molecule has 4 heteroatoms. The SMILES string of the molecule is c1ccc(-c2ccc3c(-c4nc(-c5ccccc5)nc(-c5cccc(-c6cccc7oc8ccccc8c67)c5)n4)cccc3c2)cc1. The van der Waals surface area contributed by atoms with Crippen LogP contribution in [0.4, 0.5) is 0 Å². The van der Waals surface area contributed by atoms with Gasteiger partial charge in [0.25, 0.3) is 0 Å². The maximum atomic E-state index is 6.19. The molecule has 2 heterocycles. The van der Waals surface area contributed by atoms with Gasteiger partial charge in [-0.25, -0.2) is 15.0 Å². The molecule has 0 amide bonds. The Balaban J connectivity index is 1.21. The number of hydrogen-bond acceptors (Lipinski definition) is 4. The van der Waals surface area contributed by atoms with E-state index in [-0.39, 0.29) is 0 Å². The van der Waals surface area contributed by atoms with Crippen LogP contribution >= 0.6 is 0 Å². The van der Waals surface area contributed by atoms with E-state index in [4.69, 9.17) is 19.4 Å². The number of benzene rings is 7. The molecule has 4 nitrogen and oxygen atoms in total. The Morgan fingerprint density at radius 2 is 0.957 bits per heavy atom. The van der Waals surface area contributed by atoms with Crippen molar-refractivity contribution in [1.82, 2.24) is 15.0 Å². The minimum atomic E-state index is 0.623. The van der Waals surface area contributed by atoms with Crippen LogP contribution in [0.2, 0.25) is 0 Å². The number of nitrogens with zero attached hydrogens (tertiary/aromatic N) is 3. The minimum absolute atomic E-state index is 0.623. The van der Waals surface area contributed by atoms with Gasteiger partial charge in [-0.1, -0.05) is 140 Å². The Morgan fingerprint density at radius 3 is 1.81 bits per heavy atom. The fourth-order valence-electron chi connectivity index (χ4n) is 6.47. The van der Waals surface area contributed by atoms with Crippen molar-refractivity contribution < 1.29 is 4.42 Å². The first-order chi connectivity index (χ1) is 23.3. The summed E-state index contributed by atoms with van der Waals surface area (Å²) >= 11 is 0. The Hall–Kier alpha value is -6.39. The Labute approximate surface area is 271 Å².